The van der Waals surface area contributed by atoms with Crippen LogP contribution in [0, 0.1) is 38.9 Å². The summed E-state index contributed by atoms with van der Waals surface area (Å²) in [5.41, 5.74) is 1.06. The third-order valence-electron chi connectivity index (χ3n) is 22.9. The SMILES string of the molecule is CC1CCC2(CC1)OCCN(C)C2=O.CC1CCC2(CCCN(C)C2=O)CC1.CN1CCC2(CC1)CCN(C)C2.CN1CCC2(CC1)CCN(C)C2=O.CN1CCC2(CCCN(C)C2)CC1.CN1CCC2(CCCN(C)C2=O)CC1. The molecule has 0 aromatic heterocycles. The Balaban J connectivity index is 0.000000139. The summed E-state index contributed by atoms with van der Waals surface area (Å²) >= 11 is 0. The molecule has 0 atom stereocenters. The fourth-order valence-electron chi connectivity index (χ4n) is 16.4. The van der Waals surface area contributed by atoms with E-state index in [1.165, 1.54) is 123 Å². The maximum absolute atomic E-state index is 12.1. The molecule has 0 bridgehead atoms. The van der Waals surface area contributed by atoms with Crippen LogP contribution in [-0.4, -0.2) is 260 Å². The average molecular weight is 1120 g/mol. The van der Waals surface area contributed by atoms with E-state index < -0.39 is 5.60 Å². The van der Waals surface area contributed by atoms with E-state index in [0.717, 1.165) is 148 Å². The highest BCUT2D eigenvalue weighted by Crippen LogP contribution is 2.47. The van der Waals surface area contributed by atoms with E-state index in [9.17, 15) is 19.2 Å². The summed E-state index contributed by atoms with van der Waals surface area (Å²) in [5.74, 6) is 3.01. The first kappa shape index (κ1) is 65.1. The lowest BCUT2D eigenvalue weighted by molar-refractivity contribution is -0.176. The van der Waals surface area contributed by atoms with Crippen molar-refractivity contribution in [3.8, 4) is 0 Å². The van der Waals surface area contributed by atoms with E-state index in [2.05, 4.69) is 85.5 Å². The Kier molecular flexibility index (Phi) is 23.3. The molecule has 10 aliphatic heterocycles. The number of likely N-dealkylation sites (tertiary alicyclic amines) is 9. The van der Waals surface area contributed by atoms with Crippen LogP contribution in [-0.2, 0) is 23.9 Å². The molecule has 0 unspecified atom stereocenters. The zero-order chi connectivity index (χ0) is 57.9. The molecule has 15 heteroatoms. The number of morpholine rings is 1. The molecule has 10 saturated heterocycles. The van der Waals surface area contributed by atoms with Crippen LogP contribution in [0.25, 0.3) is 0 Å². The van der Waals surface area contributed by atoms with E-state index in [1.807, 2.05) is 47.8 Å². The molecule has 2 saturated carbocycles. The van der Waals surface area contributed by atoms with Crippen LogP contribution < -0.4 is 0 Å². The number of rotatable bonds is 0. The van der Waals surface area contributed by atoms with E-state index in [0.29, 0.717) is 35.2 Å². The third kappa shape index (κ3) is 16.5. The van der Waals surface area contributed by atoms with Crippen LogP contribution >= 0.6 is 0 Å². The van der Waals surface area contributed by atoms with Gasteiger partial charge in [0.05, 0.1) is 17.4 Å². The van der Waals surface area contributed by atoms with Gasteiger partial charge in [-0.1, -0.05) is 13.8 Å². The van der Waals surface area contributed by atoms with Crippen molar-refractivity contribution in [2.24, 2.45) is 38.9 Å². The average Bonchev–Trinajstić information content (AvgIpc) is 3.95. The first-order chi connectivity index (χ1) is 38.0. The fourth-order valence-corrected chi connectivity index (χ4v) is 16.4. The van der Waals surface area contributed by atoms with Crippen molar-refractivity contribution in [2.45, 2.75) is 174 Å². The predicted octanol–water partition coefficient (Wildman–Crippen LogP) is 7.83. The molecule has 10 heterocycles. The summed E-state index contributed by atoms with van der Waals surface area (Å²) in [6, 6.07) is 0. The van der Waals surface area contributed by atoms with Gasteiger partial charge in [0.25, 0.3) is 5.91 Å². The van der Waals surface area contributed by atoms with Crippen molar-refractivity contribution < 1.29 is 23.9 Å². The number of hydrogen-bond acceptors (Lipinski definition) is 11. The molecule has 12 aliphatic rings. The molecule has 2 aliphatic carbocycles. The molecule has 0 radical (unpaired) electrons. The number of carbonyl (C=O) groups excluding carboxylic acids is 4. The van der Waals surface area contributed by atoms with Gasteiger partial charge in [0, 0.05) is 72.9 Å². The highest BCUT2D eigenvalue weighted by atomic mass is 16.5. The van der Waals surface area contributed by atoms with Gasteiger partial charge < -0.3 is 53.7 Å². The molecular formula is C65H120N10O5. The summed E-state index contributed by atoms with van der Waals surface area (Å²) in [4.78, 5) is 70.3. The minimum atomic E-state index is -0.445. The Morgan fingerprint density at radius 1 is 0.312 bits per heavy atom. The van der Waals surface area contributed by atoms with Crippen LogP contribution in [0.2, 0.25) is 0 Å². The van der Waals surface area contributed by atoms with Crippen LogP contribution in [0.1, 0.15) is 168 Å². The van der Waals surface area contributed by atoms with Gasteiger partial charge in [-0.15, -0.1) is 0 Å². The summed E-state index contributed by atoms with van der Waals surface area (Å²) < 4.78 is 5.75. The Bertz CT molecular complexity index is 1840. The first-order valence-electron chi connectivity index (χ1n) is 32.7. The normalized spacial score (nSPS) is 33.1. The molecule has 6 spiro atoms. The summed E-state index contributed by atoms with van der Waals surface area (Å²) in [5, 5.41) is 0. The summed E-state index contributed by atoms with van der Waals surface area (Å²) in [6.45, 7) is 23.8. The molecule has 0 N–H and O–H groups in total. The predicted molar refractivity (Wildman–Crippen MR) is 326 cm³/mol. The van der Waals surface area contributed by atoms with Crippen molar-refractivity contribution in [3.05, 3.63) is 0 Å². The number of amides is 4. The Morgan fingerprint density at radius 2 is 0.625 bits per heavy atom. The second-order valence-corrected chi connectivity index (χ2v) is 29.5. The van der Waals surface area contributed by atoms with Crippen LogP contribution in [0.15, 0.2) is 0 Å². The minimum absolute atomic E-state index is 0.0134. The number of likely N-dealkylation sites (N-methyl/N-ethyl adjacent to an activating group) is 1. The maximum atomic E-state index is 12.1. The van der Waals surface area contributed by atoms with Crippen molar-refractivity contribution in [3.63, 3.8) is 0 Å². The molecule has 12 fully saturated rings. The van der Waals surface area contributed by atoms with Gasteiger partial charge in [0.15, 0.2) is 0 Å². The highest BCUT2D eigenvalue weighted by molar-refractivity contribution is 5.86. The van der Waals surface area contributed by atoms with Crippen LogP contribution in [0.4, 0.5) is 0 Å². The lowest BCUT2D eigenvalue weighted by atomic mass is 9.66. The van der Waals surface area contributed by atoms with Gasteiger partial charge in [-0.25, -0.2) is 0 Å². The van der Waals surface area contributed by atoms with E-state index in [-0.39, 0.29) is 22.2 Å². The summed E-state index contributed by atoms with van der Waals surface area (Å²) in [6.07, 6.45) is 28.9. The van der Waals surface area contributed by atoms with Gasteiger partial charge in [-0.2, -0.15) is 0 Å². The fraction of sp³-hybridized carbons (Fsp3) is 0.938. The summed E-state index contributed by atoms with van der Waals surface area (Å²) in [7, 11) is 21.0. The minimum Gasteiger partial charge on any atom is -0.363 e. The second kappa shape index (κ2) is 28.7. The van der Waals surface area contributed by atoms with Gasteiger partial charge in [-0.3, -0.25) is 19.2 Å². The van der Waals surface area contributed by atoms with Crippen molar-refractivity contribution in [2.75, 3.05) is 182 Å². The van der Waals surface area contributed by atoms with Gasteiger partial charge in [0.2, 0.25) is 17.7 Å². The standard InChI is InChI=1S/C12H21NO.C11H20N2O.C11H22N2.C11H19NO2.C10H18N2O.C10H20N2/c1-10-4-7-12(8-5-10)6-3-9-13(2)11(12)14;1-12-8-5-11(6-9-12)4-3-7-13(2)10(11)14;1-12-8-5-11(6-9-12)4-3-7-13(2)10-11;1-9-3-5-11(6-4-9)10(13)12(2)7-8-14-11;1-11-6-3-10(4-7-11)5-8-12(2)9(10)13;1-11-6-3-10(4-7-11)5-8-12(2)9-10/h10H,3-9H2,1-2H3;3-9H2,1-2H3;3-10H2,1-2H3;9H,3-8H2,1-2H3;3-8H2,1-2H3;3-9H2,1-2H3. The molecule has 460 valence electrons. The van der Waals surface area contributed by atoms with Crippen molar-refractivity contribution >= 4 is 23.6 Å². The quantitative estimate of drug-likeness (QED) is 0.237. The van der Waals surface area contributed by atoms with Crippen molar-refractivity contribution in [1.29, 1.82) is 0 Å². The lowest BCUT2D eigenvalue weighted by Gasteiger charge is -2.46. The largest absolute Gasteiger partial charge is 0.363 e. The molecule has 15 nitrogen and oxygen atoms in total. The maximum Gasteiger partial charge on any atom is 0.254 e. The number of nitrogens with zero attached hydrogens (tertiary/aromatic N) is 10. The molecule has 0 aromatic rings. The smallest absolute Gasteiger partial charge is 0.254 e. The number of hydrogen-bond donors (Lipinski definition) is 0. The molecule has 0 aromatic carbocycles. The zero-order valence-electron chi connectivity index (χ0n) is 53.7. The van der Waals surface area contributed by atoms with Crippen LogP contribution in [0.3, 0.4) is 0 Å². The topological polar surface area (TPSA) is 110 Å². The number of ether oxygens (including phenoxy) is 1. The number of carbonyl (C=O) groups is 4. The van der Waals surface area contributed by atoms with Crippen LogP contribution in [0.5, 0.6) is 0 Å². The highest BCUT2D eigenvalue weighted by Gasteiger charge is 2.49. The third-order valence-corrected chi connectivity index (χ3v) is 22.9. The Morgan fingerprint density at radius 3 is 1.04 bits per heavy atom. The van der Waals surface area contributed by atoms with Gasteiger partial charge >= 0.3 is 0 Å². The lowest BCUT2D eigenvalue weighted by Crippen LogP contribution is -2.56. The number of piperidine rings is 7. The molecule has 12 rings (SSSR count). The Labute approximate surface area is 488 Å². The van der Waals surface area contributed by atoms with Gasteiger partial charge in [0.1, 0.15) is 5.60 Å². The van der Waals surface area contributed by atoms with Crippen molar-refractivity contribution in [1.82, 2.24) is 49.0 Å². The second-order valence-electron chi connectivity index (χ2n) is 29.5. The van der Waals surface area contributed by atoms with E-state index in [1.54, 1.807) is 0 Å². The zero-order valence-corrected chi connectivity index (χ0v) is 53.7. The van der Waals surface area contributed by atoms with E-state index in [4.69, 9.17) is 4.74 Å². The van der Waals surface area contributed by atoms with E-state index >= 15 is 0 Å². The molecular weight excluding hydrogens is 1000 g/mol. The van der Waals surface area contributed by atoms with Gasteiger partial charge in [-0.05, 0) is 284 Å². The molecule has 4 amide bonds. The Hall–Kier alpha value is -2.40. The molecule has 80 heavy (non-hydrogen) atoms. The first-order valence-corrected chi connectivity index (χ1v) is 32.7. The monoisotopic (exact) mass is 1120 g/mol.